The Labute approximate surface area is 195 Å². The first kappa shape index (κ1) is 19.0. The van der Waals surface area contributed by atoms with Crippen molar-refractivity contribution in [2.24, 2.45) is 5.92 Å². The molecule has 5 aromatic rings. The van der Waals surface area contributed by atoms with Crippen molar-refractivity contribution >= 4 is 49.5 Å². The van der Waals surface area contributed by atoms with Crippen molar-refractivity contribution in [2.45, 2.75) is 44.9 Å². The zero-order valence-corrected chi connectivity index (χ0v) is 19.4. The molecular weight excluding hydrogens is 426 g/mol. The van der Waals surface area contributed by atoms with Gasteiger partial charge >= 0.3 is 0 Å². The summed E-state index contributed by atoms with van der Waals surface area (Å²) in [6.45, 7) is 4.79. The average molecular weight is 452 g/mol. The fourth-order valence-corrected chi connectivity index (χ4v) is 7.06. The molecule has 2 aromatic heterocycles. The number of carbonyl (C=O) groups is 1. The summed E-state index contributed by atoms with van der Waals surface area (Å²) in [4.78, 5) is 15.4. The fourth-order valence-electron chi connectivity index (χ4n) is 7.06. The van der Waals surface area contributed by atoms with E-state index in [9.17, 15) is 9.90 Å². The van der Waals surface area contributed by atoms with E-state index >= 15 is 0 Å². The third-order valence-electron chi connectivity index (χ3n) is 8.79. The van der Waals surface area contributed by atoms with Crippen LogP contribution in [0, 0.1) is 5.92 Å². The van der Waals surface area contributed by atoms with Crippen molar-refractivity contribution in [3.63, 3.8) is 0 Å². The van der Waals surface area contributed by atoms with E-state index in [4.69, 9.17) is 4.74 Å². The molecule has 0 unspecified atom stereocenters. The lowest BCUT2D eigenvalue weighted by Gasteiger charge is -2.46. The second-order valence-electron chi connectivity index (χ2n) is 10.4. The van der Waals surface area contributed by atoms with E-state index < -0.39 is 11.8 Å². The second-order valence-corrected chi connectivity index (χ2v) is 10.4. The Morgan fingerprint density at radius 2 is 1.68 bits per heavy atom. The first-order chi connectivity index (χ1) is 16.4. The maximum absolute atomic E-state index is 13.6. The maximum atomic E-state index is 13.6. The molecule has 0 radical (unpaired) electrons. The summed E-state index contributed by atoms with van der Waals surface area (Å²) in [5.41, 5.74) is 5.46. The summed E-state index contributed by atoms with van der Waals surface area (Å²) in [7, 11) is 1.89. The van der Waals surface area contributed by atoms with Gasteiger partial charge in [-0.2, -0.15) is 0 Å². The summed E-state index contributed by atoms with van der Waals surface area (Å²) < 4.78 is 11.5. The van der Waals surface area contributed by atoms with Gasteiger partial charge in [0, 0.05) is 47.5 Å². The van der Waals surface area contributed by atoms with Gasteiger partial charge in [-0.1, -0.05) is 43.3 Å². The molecule has 4 atom stereocenters. The maximum Gasteiger partial charge on any atom is 0.254 e. The van der Waals surface area contributed by atoms with Crippen LogP contribution in [0.15, 0.2) is 48.5 Å². The van der Waals surface area contributed by atoms with Gasteiger partial charge in [0.2, 0.25) is 0 Å². The van der Waals surface area contributed by atoms with Crippen molar-refractivity contribution < 1.29 is 14.6 Å². The number of hydrogen-bond acceptors (Lipinski definition) is 3. The lowest BCUT2D eigenvalue weighted by molar-refractivity contribution is -0.246. The van der Waals surface area contributed by atoms with Gasteiger partial charge in [0.15, 0.2) is 0 Å². The summed E-state index contributed by atoms with van der Waals surface area (Å²) in [6.07, 6.45) is -0.322. The molecule has 1 saturated heterocycles. The Kier molecular flexibility index (Phi) is 3.26. The van der Waals surface area contributed by atoms with Crippen molar-refractivity contribution in [1.82, 2.24) is 14.0 Å². The molecule has 6 heteroatoms. The third-order valence-corrected chi connectivity index (χ3v) is 8.79. The highest BCUT2D eigenvalue weighted by Crippen LogP contribution is 2.54. The van der Waals surface area contributed by atoms with E-state index in [0.29, 0.717) is 13.0 Å². The van der Waals surface area contributed by atoms with Crippen LogP contribution in [0.5, 0.6) is 0 Å². The first-order valence-electron chi connectivity index (χ1n) is 12.0. The first-order valence-corrected chi connectivity index (χ1v) is 12.0. The average Bonchev–Trinajstić information content (AvgIpc) is 3.43. The molecule has 2 bridgehead atoms. The molecule has 0 spiro atoms. The van der Waals surface area contributed by atoms with E-state index in [1.54, 1.807) is 0 Å². The molecule has 5 heterocycles. The number of aromatic nitrogens is 2. The third kappa shape index (κ3) is 1.89. The number of amides is 1. The van der Waals surface area contributed by atoms with Gasteiger partial charge in [0.25, 0.3) is 5.91 Å². The number of ether oxygens (including phenoxy) is 1. The molecule has 0 aliphatic carbocycles. The van der Waals surface area contributed by atoms with Crippen LogP contribution in [0.2, 0.25) is 0 Å². The van der Waals surface area contributed by atoms with Crippen LogP contribution in [-0.4, -0.2) is 38.2 Å². The Bertz CT molecular complexity index is 1740. The lowest BCUT2D eigenvalue weighted by atomic mass is 9.87. The highest BCUT2D eigenvalue weighted by atomic mass is 16.5. The Morgan fingerprint density at radius 3 is 2.44 bits per heavy atom. The van der Waals surface area contributed by atoms with E-state index in [-0.39, 0.29) is 18.1 Å². The number of hydrogen-bond donors (Lipinski definition) is 1. The number of rotatable bonds is 0. The van der Waals surface area contributed by atoms with Crippen LogP contribution >= 0.6 is 0 Å². The molecule has 1 N–H and O–H groups in total. The van der Waals surface area contributed by atoms with Crippen molar-refractivity contribution in [1.29, 1.82) is 0 Å². The molecule has 170 valence electrons. The zero-order valence-electron chi connectivity index (χ0n) is 19.4. The van der Waals surface area contributed by atoms with Crippen LogP contribution in [0.1, 0.15) is 42.4 Å². The predicted octanol–water partition coefficient (Wildman–Crippen LogP) is 5.09. The number of nitrogens with zero attached hydrogens (tertiary/aromatic N) is 3. The molecule has 1 amide bonds. The fraction of sp³-hybridized carbons (Fsp3) is 0.321. The molecule has 1 fully saturated rings. The van der Waals surface area contributed by atoms with Gasteiger partial charge in [-0.25, -0.2) is 0 Å². The highest BCUT2D eigenvalue weighted by molar-refractivity contribution is 6.30. The zero-order chi connectivity index (χ0) is 23.1. The smallest absolute Gasteiger partial charge is 0.254 e. The van der Waals surface area contributed by atoms with Crippen LogP contribution in [0.3, 0.4) is 0 Å². The van der Waals surface area contributed by atoms with Gasteiger partial charge in [0.1, 0.15) is 12.0 Å². The number of aliphatic hydroxyl groups is 1. The topological polar surface area (TPSA) is 59.6 Å². The minimum absolute atomic E-state index is 0.0735. The van der Waals surface area contributed by atoms with Crippen LogP contribution < -0.4 is 0 Å². The van der Waals surface area contributed by atoms with Crippen LogP contribution in [0.25, 0.3) is 43.6 Å². The molecular formula is C28H25N3O3. The van der Waals surface area contributed by atoms with Crippen molar-refractivity contribution in [3.05, 3.63) is 59.7 Å². The van der Waals surface area contributed by atoms with E-state index in [0.717, 1.165) is 54.7 Å². The SMILES string of the molecule is C[C@@H]1[C@H](O)C[C@H]2O[C@]1(C)n1c3ccccc3c3c4c(c5c6ccccc6n2c5c31)C(=O)N(C)C4. The summed E-state index contributed by atoms with van der Waals surface area (Å²) in [5.74, 6) is -0.0318. The largest absolute Gasteiger partial charge is 0.392 e. The molecule has 3 aliphatic rings. The molecule has 3 aromatic carbocycles. The van der Waals surface area contributed by atoms with Gasteiger partial charge in [0.05, 0.1) is 33.7 Å². The molecule has 34 heavy (non-hydrogen) atoms. The number of fused-ring (bicyclic) bond motifs is 13. The molecule has 0 saturated carbocycles. The summed E-state index contributed by atoms with van der Waals surface area (Å²) in [6, 6.07) is 16.7. The van der Waals surface area contributed by atoms with E-state index in [1.807, 2.05) is 24.1 Å². The number of benzene rings is 3. The van der Waals surface area contributed by atoms with Gasteiger partial charge in [-0.15, -0.1) is 0 Å². The van der Waals surface area contributed by atoms with Gasteiger partial charge < -0.3 is 23.9 Å². The summed E-state index contributed by atoms with van der Waals surface area (Å²) in [5, 5.41) is 15.6. The highest BCUT2D eigenvalue weighted by Gasteiger charge is 2.50. The second kappa shape index (κ2) is 5.82. The minimum Gasteiger partial charge on any atom is -0.392 e. The summed E-state index contributed by atoms with van der Waals surface area (Å²) >= 11 is 0. The Morgan fingerprint density at radius 1 is 1.00 bits per heavy atom. The molecule has 6 nitrogen and oxygen atoms in total. The monoisotopic (exact) mass is 451 g/mol. The lowest BCUT2D eigenvalue weighted by Crippen LogP contribution is -2.50. The minimum atomic E-state index is -0.737. The number of carbonyl (C=O) groups excluding carboxylic acids is 1. The Balaban J connectivity index is 1.76. The standard InChI is InChI=1S/C28H25N3O3/c1-14-20(32)12-21-30-18-10-6-4-8-15(18)23-24-17(13-29(3)27(24)33)22-16-9-5-7-11-19(16)31(26(22)25(23)30)28(14,2)34-21/h4-11,14,20-21,32H,12-13H2,1-3H3/t14-,20-,21-,28+/m1/s1. The quantitative estimate of drug-likeness (QED) is 0.357. The van der Waals surface area contributed by atoms with E-state index in [2.05, 4.69) is 59.4 Å². The van der Waals surface area contributed by atoms with Crippen LogP contribution in [-0.2, 0) is 17.0 Å². The molecule has 3 aliphatic heterocycles. The van der Waals surface area contributed by atoms with Crippen molar-refractivity contribution in [2.75, 3.05) is 7.05 Å². The van der Waals surface area contributed by atoms with E-state index in [1.165, 1.54) is 0 Å². The molecule has 8 rings (SSSR count). The van der Waals surface area contributed by atoms with Gasteiger partial charge in [-0.3, -0.25) is 4.79 Å². The van der Waals surface area contributed by atoms with Gasteiger partial charge in [-0.05, 0) is 24.6 Å². The predicted molar refractivity (Wildman–Crippen MR) is 132 cm³/mol. The Hall–Kier alpha value is -3.35. The number of aliphatic hydroxyl groups excluding tert-OH is 1. The van der Waals surface area contributed by atoms with Crippen LogP contribution in [0.4, 0.5) is 0 Å². The number of para-hydroxylation sites is 2. The normalized spacial score (nSPS) is 28.1. The van der Waals surface area contributed by atoms with Crippen molar-refractivity contribution in [3.8, 4) is 0 Å².